The fourth-order valence-electron chi connectivity index (χ4n) is 1.18. The first-order valence-electron chi connectivity index (χ1n) is 4.72. The summed E-state index contributed by atoms with van der Waals surface area (Å²) in [4.78, 5) is 15.0. The van der Waals surface area contributed by atoms with Crippen LogP contribution in [0.15, 0.2) is 16.7 Å². The molecule has 0 amide bonds. The van der Waals surface area contributed by atoms with E-state index in [0.29, 0.717) is 15.3 Å². The molecule has 88 valence electrons. The number of pyridine rings is 1. The lowest BCUT2D eigenvalue weighted by Gasteiger charge is -2.19. The lowest BCUT2D eigenvalue weighted by Crippen LogP contribution is -2.34. The minimum Gasteiger partial charge on any atom is -0.480 e. The molecule has 4 nitrogen and oxygen atoms in total. The number of halogens is 2. The molecule has 0 saturated carbocycles. The van der Waals surface area contributed by atoms with Crippen molar-refractivity contribution < 1.29 is 9.90 Å². The van der Waals surface area contributed by atoms with Gasteiger partial charge in [-0.15, -0.1) is 0 Å². The van der Waals surface area contributed by atoms with Crippen LogP contribution in [0.5, 0.6) is 0 Å². The number of carboxylic acid groups (broad SMARTS) is 1. The van der Waals surface area contributed by atoms with E-state index in [-0.39, 0.29) is 5.92 Å². The Morgan fingerprint density at radius 3 is 2.69 bits per heavy atom. The number of nitrogens with zero attached hydrogens (tertiary/aromatic N) is 1. The molecule has 0 aromatic carbocycles. The van der Waals surface area contributed by atoms with E-state index < -0.39 is 12.0 Å². The van der Waals surface area contributed by atoms with Gasteiger partial charge in [0.2, 0.25) is 0 Å². The van der Waals surface area contributed by atoms with Crippen molar-refractivity contribution in [1.82, 2.24) is 4.98 Å². The van der Waals surface area contributed by atoms with Crippen LogP contribution in [0.25, 0.3) is 0 Å². The van der Waals surface area contributed by atoms with Crippen LogP contribution in [0.2, 0.25) is 5.02 Å². The standard InChI is InChI=1S/C10H12BrClN2O2/c1-5(2)8(10(15)16)14-9-7(11)3-6(12)4-13-9/h3-5,8H,1-2H3,(H,13,14)(H,15,16)/t8-/m1/s1. The smallest absolute Gasteiger partial charge is 0.326 e. The van der Waals surface area contributed by atoms with Crippen molar-refractivity contribution in [2.45, 2.75) is 19.9 Å². The molecule has 6 heteroatoms. The van der Waals surface area contributed by atoms with Crippen LogP contribution in [-0.4, -0.2) is 22.1 Å². The second-order valence-corrected chi connectivity index (χ2v) is 4.98. The van der Waals surface area contributed by atoms with E-state index in [2.05, 4.69) is 26.2 Å². The lowest BCUT2D eigenvalue weighted by molar-refractivity contribution is -0.138. The molecule has 0 aliphatic carbocycles. The molecule has 0 fully saturated rings. The molecule has 2 N–H and O–H groups in total. The molecule has 0 aliphatic rings. The largest absolute Gasteiger partial charge is 0.480 e. The third-order valence-corrected chi connectivity index (χ3v) is 2.84. The van der Waals surface area contributed by atoms with Crippen LogP contribution in [0.1, 0.15) is 13.8 Å². The zero-order chi connectivity index (χ0) is 12.3. The molecule has 1 atom stereocenters. The van der Waals surface area contributed by atoms with Gasteiger partial charge in [-0.25, -0.2) is 9.78 Å². The number of hydrogen-bond donors (Lipinski definition) is 2. The SMILES string of the molecule is CC(C)[C@@H](Nc1ncc(Cl)cc1Br)C(=O)O. The summed E-state index contributed by atoms with van der Waals surface area (Å²) in [7, 11) is 0. The fourth-order valence-corrected chi connectivity index (χ4v) is 1.93. The van der Waals surface area contributed by atoms with Gasteiger partial charge in [-0.1, -0.05) is 25.4 Å². The normalized spacial score (nSPS) is 12.6. The van der Waals surface area contributed by atoms with Crippen LogP contribution >= 0.6 is 27.5 Å². The summed E-state index contributed by atoms with van der Waals surface area (Å²) in [5.74, 6) is -0.467. The number of aromatic nitrogens is 1. The minimum atomic E-state index is -0.904. The van der Waals surface area contributed by atoms with Crippen LogP contribution < -0.4 is 5.32 Å². The number of carbonyl (C=O) groups is 1. The van der Waals surface area contributed by atoms with Crippen molar-refractivity contribution in [1.29, 1.82) is 0 Å². The minimum absolute atomic E-state index is 0.0399. The van der Waals surface area contributed by atoms with Crippen molar-refractivity contribution >= 4 is 39.3 Å². The summed E-state index contributed by atoms with van der Waals surface area (Å²) in [6.45, 7) is 3.66. The third-order valence-electron chi connectivity index (χ3n) is 2.03. The van der Waals surface area contributed by atoms with E-state index in [1.807, 2.05) is 13.8 Å². The maximum atomic E-state index is 11.0. The first kappa shape index (κ1) is 13.3. The average molecular weight is 308 g/mol. The quantitative estimate of drug-likeness (QED) is 0.897. The van der Waals surface area contributed by atoms with Gasteiger partial charge in [0.15, 0.2) is 0 Å². The summed E-state index contributed by atoms with van der Waals surface area (Å²) in [5.41, 5.74) is 0. The zero-order valence-electron chi connectivity index (χ0n) is 8.87. The van der Waals surface area contributed by atoms with E-state index in [0.717, 1.165) is 0 Å². The molecular weight excluding hydrogens is 295 g/mol. The molecule has 1 aromatic rings. The first-order chi connectivity index (χ1) is 7.41. The van der Waals surface area contributed by atoms with Gasteiger partial charge in [-0.2, -0.15) is 0 Å². The Balaban J connectivity index is 2.90. The molecule has 0 spiro atoms. The summed E-state index contributed by atoms with van der Waals surface area (Å²) >= 11 is 9.01. The van der Waals surface area contributed by atoms with E-state index in [9.17, 15) is 4.79 Å². The van der Waals surface area contributed by atoms with Gasteiger partial charge in [-0.05, 0) is 27.9 Å². The first-order valence-corrected chi connectivity index (χ1v) is 5.89. The molecule has 0 bridgehead atoms. The molecule has 1 rings (SSSR count). The number of carboxylic acids is 1. The Labute approximate surface area is 107 Å². The molecule has 0 aliphatic heterocycles. The van der Waals surface area contributed by atoms with E-state index in [4.69, 9.17) is 16.7 Å². The van der Waals surface area contributed by atoms with Gasteiger partial charge in [0.25, 0.3) is 0 Å². The molecule has 0 saturated heterocycles. The lowest BCUT2D eigenvalue weighted by atomic mass is 10.1. The third kappa shape index (κ3) is 3.35. The molecule has 1 heterocycles. The highest BCUT2D eigenvalue weighted by Crippen LogP contribution is 2.24. The summed E-state index contributed by atoms with van der Waals surface area (Å²) < 4.78 is 0.645. The Morgan fingerprint density at radius 2 is 2.25 bits per heavy atom. The van der Waals surface area contributed by atoms with Crippen molar-refractivity contribution in [2.75, 3.05) is 5.32 Å². The van der Waals surface area contributed by atoms with Crippen LogP contribution in [0.4, 0.5) is 5.82 Å². The van der Waals surface area contributed by atoms with Gasteiger partial charge in [0.05, 0.1) is 9.50 Å². The van der Waals surface area contributed by atoms with Gasteiger partial charge in [0, 0.05) is 6.20 Å². The predicted molar refractivity (Wildman–Crippen MR) is 66.8 cm³/mol. The van der Waals surface area contributed by atoms with Crippen LogP contribution in [0.3, 0.4) is 0 Å². The Bertz CT molecular complexity index is 398. The molecule has 0 unspecified atom stereocenters. The van der Waals surface area contributed by atoms with E-state index in [1.165, 1.54) is 6.20 Å². The Hall–Kier alpha value is -0.810. The second kappa shape index (κ2) is 5.50. The topological polar surface area (TPSA) is 62.2 Å². The van der Waals surface area contributed by atoms with Gasteiger partial charge in [0.1, 0.15) is 11.9 Å². The van der Waals surface area contributed by atoms with Crippen molar-refractivity contribution in [2.24, 2.45) is 5.92 Å². The average Bonchev–Trinajstić information content (AvgIpc) is 2.15. The number of rotatable bonds is 4. The van der Waals surface area contributed by atoms with Gasteiger partial charge < -0.3 is 10.4 Å². The zero-order valence-corrected chi connectivity index (χ0v) is 11.2. The highest BCUT2D eigenvalue weighted by atomic mass is 79.9. The summed E-state index contributed by atoms with van der Waals surface area (Å²) in [6.07, 6.45) is 1.47. The van der Waals surface area contributed by atoms with Crippen molar-refractivity contribution in [3.63, 3.8) is 0 Å². The molecule has 0 radical (unpaired) electrons. The molecular formula is C10H12BrClN2O2. The van der Waals surface area contributed by atoms with Crippen LogP contribution in [-0.2, 0) is 4.79 Å². The number of nitrogens with one attached hydrogen (secondary N) is 1. The maximum absolute atomic E-state index is 11.0. The van der Waals surface area contributed by atoms with Crippen LogP contribution in [0, 0.1) is 5.92 Å². The number of hydrogen-bond acceptors (Lipinski definition) is 3. The second-order valence-electron chi connectivity index (χ2n) is 3.69. The Morgan fingerprint density at radius 1 is 1.62 bits per heavy atom. The summed E-state index contributed by atoms with van der Waals surface area (Å²) in [6, 6.07) is 0.987. The summed E-state index contributed by atoms with van der Waals surface area (Å²) in [5, 5.41) is 12.4. The number of aliphatic carboxylic acids is 1. The van der Waals surface area contributed by atoms with E-state index >= 15 is 0 Å². The van der Waals surface area contributed by atoms with Gasteiger partial charge in [-0.3, -0.25) is 0 Å². The monoisotopic (exact) mass is 306 g/mol. The predicted octanol–water partition coefficient (Wildman–Crippen LogP) is 3.02. The highest BCUT2D eigenvalue weighted by molar-refractivity contribution is 9.10. The van der Waals surface area contributed by atoms with Crippen molar-refractivity contribution in [3.8, 4) is 0 Å². The van der Waals surface area contributed by atoms with Crippen molar-refractivity contribution in [3.05, 3.63) is 21.8 Å². The number of anilines is 1. The Kier molecular flexibility index (Phi) is 4.56. The maximum Gasteiger partial charge on any atom is 0.326 e. The highest BCUT2D eigenvalue weighted by Gasteiger charge is 2.22. The van der Waals surface area contributed by atoms with Gasteiger partial charge >= 0.3 is 5.97 Å². The molecule has 16 heavy (non-hydrogen) atoms. The fraction of sp³-hybridized carbons (Fsp3) is 0.400. The van der Waals surface area contributed by atoms with E-state index in [1.54, 1.807) is 6.07 Å². The molecule has 1 aromatic heterocycles.